The monoisotopic (exact) mass is 345 g/mol. The molecule has 0 fully saturated rings. The van der Waals surface area contributed by atoms with Crippen LogP contribution >= 0.6 is 0 Å². The quantitative estimate of drug-likeness (QED) is 0.618. The second-order valence-corrected chi connectivity index (χ2v) is 6.51. The Balaban J connectivity index is 1.70. The number of fused-ring (bicyclic) bond motifs is 2. The van der Waals surface area contributed by atoms with Crippen molar-refractivity contribution >= 4 is 22.5 Å². The molecule has 0 saturated heterocycles. The van der Waals surface area contributed by atoms with Crippen LogP contribution < -0.4 is 5.32 Å². The number of benzene rings is 1. The van der Waals surface area contributed by atoms with Gasteiger partial charge in [-0.15, -0.1) is 10.2 Å². The van der Waals surface area contributed by atoms with Crippen molar-refractivity contribution in [3.05, 3.63) is 71.3 Å². The summed E-state index contributed by atoms with van der Waals surface area (Å²) in [7, 11) is 0. The second kappa shape index (κ2) is 6.22. The van der Waals surface area contributed by atoms with Crippen molar-refractivity contribution in [1.29, 1.82) is 0 Å². The van der Waals surface area contributed by atoms with E-state index in [1.807, 2.05) is 73.8 Å². The van der Waals surface area contributed by atoms with Gasteiger partial charge in [0.1, 0.15) is 0 Å². The molecular weight excluding hydrogens is 326 g/mol. The van der Waals surface area contributed by atoms with Crippen molar-refractivity contribution < 1.29 is 4.79 Å². The van der Waals surface area contributed by atoms with Crippen LogP contribution in [0.4, 0.5) is 0 Å². The normalized spacial score (nSPS) is 12.4. The Morgan fingerprint density at radius 2 is 1.96 bits per heavy atom. The van der Waals surface area contributed by atoms with Crippen LogP contribution in [0.1, 0.15) is 40.4 Å². The number of aromatic nitrogens is 4. The molecule has 1 unspecified atom stereocenters. The lowest BCUT2D eigenvalue weighted by Gasteiger charge is -2.14. The highest BCUT2D eigenvalue weighted by Gasteiger charge is 2.18. The third-order valence-corrected chi connectivity index (χ3v) is 4.41. The molecule has 0 saturated carbocycles. The second-order valence-electron chi connectivity index (χ2n) is 6.51. The van der Waals surface area contributed by atoms with E-state index >= 15 is 0 Å². The van der Waals surface area contributed by atoms with Crippen molar-refractivity contribution in [1.82, 2.24) is 24.9 Å². The topological polar surface area (TPSA) is 72.2 Å². The first-order valence-corrected chi connectivity index (χ1v) is 8.51. The smallest absolute Gasteiger partial charge is 0.252 e. The molecule has 1 amide bonds. The first-order valence-electron chi connectivity index (χ1n) is 8.51. The van der Waals surface area contributed by atoms with Gasteiger partial charge in [0.05, 0.1) is 17.1 Å². The zero-order chi connectivity index (χ0) is 18.3. The molecule has 6 nitrogen and oxygen atoms in total. The Bertz CT molecular complexity index is 1130. The number of hydrogen-bond acceptors (Lipinski definition) is 4. The molecule has 0 spiro atoms. The summed E-state index contributed by atoms with van der Waals surface area (Å²) in [4.78, 5) is 17.5. The minimum absolute atomic E-state index is 0.147. The van der Waals surface area contributed by atoms with Gasteiger partial charge >= 0.3 is 0 Å². The molecule has 0 aliphatic heterocycles. The lowest BCUT2D eigenvalue weighted by molar-refractivity contribution is 0.0939. The summed E-state index contributed by atoms with van der Waals surface area (Å²) in [6.45, 7) is 5.81. The molecule has 1 atom stereocenters. The van der Waals surface area contributed by atoms with Crippen LogP contribution in [0.3, 0.4) is 0 Å². The molecule has 130 valence electrons. The lowest BCUT2D eigenvalue weighted by atomic mass is 10.0. The summed E-state index contributed by atoms with van der Waals surface area (Å²) >= 11 is 0. The standard InChI is InChI=1S/C20H19N5O/c1-12-7-8-17-15(10-12)16(11-13(2)21-17)20(26)22-14(3)19-24-23-18-6-4-5-9-25(18)19/h4-11,14H,1-3H3,(H,22,26). The predicted molar refractivity (Wildman–Crippen MR) is 100 cm³/mol. The maximum absolute atomic E-state index is 13.0. The molecule has 1 aromatic carbocycles. The van der Waals surface area contributed by atoms with E-state index in [0.717, 1.165) is 27.8 Å². The van der Waals surface area contributed by atoms with Crippen LogP contribution in [0.5, 0.6) is 0 Å². The molecule has 0 aliphatic carbocycles. The van der Waals surface area contributed by atoms with Gasteiger partial charge in [-0.1, -0.05) is 17.7 Å². The van der Waals surface area contributed by atoms with Gasteiger partial charge in [0, 0.05) is 17.3 Å². The van der Waals surface area contributed by atoms with Crippen LogP contribution in [0.25, 0.3) is 16.6 Å². The first kappa shape index (κ1) is 16.2. The van der Waals surface area contributed by atoms with E-state index in [1.165, 1.54) is 0 Å². The number of amides is 1. The molecular formula is C20H19N5O. The number of aryl methyl sites for hydroxylation is 2. The van der Waals surface area contributed by atoms with E-state index < -0.39 is 0 Å². The van der Waals surface area contributed by atoms with Crippen molar-refractivity contribution in [2.45, 2.75) is 26.8 Å². The third-order valence-electron chi connectivity index (χ3n) is 4.41. The fraction of sp³-hybridized carbons (Fsp3) is 0.200. The molecule has 0 aliphatic rings. The number of nitrogens with zero attached hydrogens (tertiary/aromatic N) is 4. The van der Waals surface area contributed by atoms with Gasteiger partial charge in [0.15, 0.2) is 11.5 Å². The highest BCUT2D eigenvalue weighted by Crippen LogP contribution is 2.21. The summed E-state index contributed by atoms with van der Waals surface area (Å²) in [5.41, 5.74) is 4.10. The van der Waals surface area contributed by atoms with Gasteiger partial charge in [0.2, 0.25) is 0 Å². The number of rotatable bonds is 3. The summed E-state index contributed by atoms with van der Waals surface area (Å²) in [5, 5.41) is 12.3. The van der Waals surface area contributed by atoms with E-state index in [-0.39, 0.29) is 11.9 Å². The van der Waals surface area contributed by atoms with Crippen LogP contribution in [0.2, 0.25) is 0 Å². The summed E-state index contributed by atoms with van der Waals surface area (Å²) in [6, 6.07) is 13.2. The van der Waals surface area contributed by atoms with E-state index in [4.69, 9.17) is 0 Å². The first-order chi connectivity index (χ1) is 12.5. The van der Waals surface area contributed by atoms with Crippen molar-refractivity contribution in [3.63, 3.8) is 0 Å². The average Bonchev–Trinajstić information content (AvgIpc) is 3.05. The van der Waals surface area contributed by atoms with E-state index in [1.54, 1.807) is 0 Å². The Morgan fingerprint density at radius 3 is 2.81 bits per heavy atom. The largest absolute Gasteiger partial charge is 0.342 e. The van der Waals surface area contributed by atoms with Crippen molar-refractivity contribution in [2.75, 3.05) is 0 Å². The zero-order valence-corrected chi connectivity index (χ0v) is 14.9. The Labute approximate surface area is 150 Å². The number of carbonyl (C=O) groups is 1. The van der Waals surface area contributed by atoms with Gasteiger partial charge in [-0.2, -0.15) is 0 Å². The molecule has 6 heteroatoms. The van der Waals surface area contributed by atoms with Crippen LogP contribution in [-0.4, -0.2) is 25.5 Å². The molecule has 3 aromatic heterocycles. The molecule has 4 rings (SSSR count). The highest BCUT2D eigenvalue weighted by molar-refractivity contribution is 6.06. The molecule has 1 N–H and O–H groups in total. The number of hydrogen-bond donors (Lipinski definition) is 1. The average molecular weight is 345 g/mol. The van der Waals surface area contributed by atoms with E-state index in [9.17, 15) is 4.79 Å². The Hall–Kier alpha value is -3.28. The Kier molecular flexibility index (Phi) is 3.88. The van der Waals surface area contributed by atoms with Crippen LogP contribution in [-0.2, 0) is 0 Å². The van der Waals surface area contributed by atoms with Crippen LogP contribution in [0.15, 0.2) is 48.7 Å². The van der Waals surface area contributed by atoms with Gasteiger partial charge < -0.3 is 5.32 Å². The van der Waals surface area contributed by atoms with Crippen LogP contribution in [0, 0.1) is 13.8 Å². The van der Waals surface area contributed by atoms with E-state index in [2.05, 4.69) is 20.5 Å². The molecule has 0 radical (unpaired) electrons. The molecule has 0 bridgehead atoms. The SMILES string of the molecule is Cc1ccc2nc(C)cc(C(=O)NC(C)c3nnc4ccccn34)c2c1. The predicted octanol–water partition coefficient (Wildman–Crippen LogP) is 3.39. The zero-order valence-electron chi connectivity index (χ0n) is 14.9. The van der Waals surface area contributed by atoms with Gasteiger partial charge in [-0.05, 0) is 51.1 Å². The Morgan fingerprint density at radius 1 is 1.12 bits per heavy atom. The van der Waals surface area contributed by atoms with E-state index in [0.29, 0.717) is 11.4 Å². The highest BCUT2D eigenvalue weighted by atomic mass is 16.1. The number of nitrogens with one attached hydrogen (secondary N) is 1. The minimum atomic E-state index is -0.284. The summed E-state index contributed by atoms with van der Waals surface area (Å²) in [5.74, 6) is 0.548. The number of carbonyl (C=O) groups excluding carboxylic acids is 1. The lowest BCUT2D eigenvalue weighted by Crippen LogP contribution is -2.28. The molecule has 3 heterocycles. The van der Waals surface area contributed by atoms with Crippen molar-refractivity contribution in [3.8, 4) is 0 Å². The maximum atomic E-state index is 13.0. The van der Waals surface area contributed by atoms with Gasteiger partial charge in [-0.25, -0.2) is 0 Å². The van der Waals surface area contributed by atoms with Gasteiger partial charge in [0.25, 0.3) is 5.91 Å². The third kappa shape index (κ3) is 2.79. The maximum Gasteiger partial charge on any atom is 0.252 e. The number of pyridine rings is 2. The molecule has 4 aromatic rings. The molecule has 26 heavy (non-hydrogen) atoms. The summed E-state index contributed by atoms with van der Waals surface area (Å²) < 4.78 is 1.88. The van der Waals surface area contributed by atoms with Gasteiger partial charge in [-0.3, -0.25) is 14.2 Å². The van der Waals surface area contributed by atoms with Crippen molar-refractivity contribution in [2.24, 2.45) is 0 Å². The fourth-order valence-corrected chi connectivity index (χ4v) is 3.15. The minimum Gasteiger partial charge on any atom is -0.342 e. The fourth-order valence-electron chi connectivity index (χ4n) is 3.15. The summed E-state index contributed by atoms with van der Waals surface area (Å²) in [6.07, 6.45) is 1.89.